The third-order valence-corrected chi connectivity index (χ3v) is 2.09. The maximum Gasteiger partial charge on any atom is 0.168 e. The maximum atomic E-state index is 5.69. The molecule has 0 saturated carbocycles. The summed E-state index contributed by atoms with van der Waals surface area (Å²) < 4.78 is 6.41. The van der Waals surface area contributed by atoms with E-state index in [0.717, 1.165) is 5.82 Å². The van der Waals surface area contributed by atoms with Gasteiger partial charge in [0, 0.05) is 18.5 Å². The molecule has 0 spiro atoms. The topological polar surface area (TPSA) is 30.7 Å². The van der Waals surface area contributed by atoms with Crippen LogP contribution in [-0.2, 0) is 0 Å². The summed E-state index contributed by atoms with van der Waals surface area (Å²) >= 11 is 6.95. The molecule has 0 amide bonds. The Kier molecular flexibility index (Phi) is 1.63. The van der Waals surface area contributed by atoms with Crippen molar-refractivity contribution in [1.29, 1.82) is 0 Å². The SMILES string of the molecule is Clc1cc(-n2cccn2)ns1. The molecule has 0 radical (unpaired) electrons. The lowest BCUT2D eigenvalue weighted by molar-refractivity contribution is 0.861. The molecule has 0 aliphatic rings. The quantitative estimate of drug-likeness (QED) is 0.680. The molecule has 0 unspecified atom stereocenters. The monoisotopic (exact) mass is 185 g/mol. The third-order valence-electron chi connectivity index (χ3n) is 1.21. The fourth-order valence-corrected chi connectivity index (χ4v) is 1.43. The largest absolute Gasteiger partial charge is 0.222 e. The summed E-state index contributed by atoms with van der Waals surface area (Å²) in [7, 11) is 0. The van der Waals surface area contributed by atoms with Crippen LogP contribution in [0, 0.1) is 0 Å². The molecule has 56 valence electrons. The van der Waals surface area contributed by atoms with Crippen LogP contribution in [0.2, 0.25) is 4.34 Å². The Balaban J connectivity index is 2.45. The van der Waals surface area contributed by atoms with Crippen molar-refractivity contribution in [3.63, 3.8) is 0 Å². The standard InChI is InChI=1S/C6H4ClN3S/c7-5-4-6(9-11-5)10-3-1-2-8-10/h1-4H. The minimum absolute atomic E-state index is 0.676. The zero-order valence-electron chi connectivity index (χ0n) is 5.44. The second-order valence-corrected chi connectivity index (χ2v) is 3.38. The van der Waals surface area contributed by atoms with E-state index < -0.39 is 0 Å². The summed E-state index contributed by atoms with van der Waals surface area (Å²) in [6.45, 7) is 0. The average Bonchev–Trinajstić information content (AvgIpc) is 2.55. The zero-order valence-corrected chi connectivity index (χ0v) is 7.01. The van der Waals surface area contributed by atoms with Crippen LogP contribution in [0.4, 0.5) is 0 Å². The van der Waals surface area contributed by atoms with E-state index in [1.165, 1.54) is 11.5 Å². The lowest BCUT2D eigenvalue weighted by Gasteiger charge is -1.90. The summed E-state index contributed by atoms with van der Waals surface area (Å²) in [5.74, 6) is 0.769. The highest BCUT2D eigenvalue weighted by atomic mass is 35.5. The summed E-state index contributed by atoms with van der Waals surface area (Å²) in [6, 6.07) is 3.62. The van der Waals surface area contributed by atoms with E-state index in [0.29, 0.717) is 4.34 Å². The van der Waals surface area contributed by atoms with E-state index in [9.17, 15) is 0 Å². The molecular weight excluding hydrogens is 182 g/mol. The Morgan fingerprint density at radius 2 is 2.45 bits per heavy atom. The molecule has 0 atom stereocenters. The summed E-state index contributed by atoms with van der Waals surface area (Å²) in [4.78, 5) is 0. The highest BCUT2D eigenvalue weighted by molar-refractivity contribution is 7.10. The zero-order chi connectivity index (χ0) is 7.68. The first-order valence-electron chi connectivity index (χ1n) is 2.98. The molecule has 0 N–H and O–H groups in total. The molecule has 0 fully saturated rings. The van der Waals surface area contributed by atoms with Gasteiger partial charge in [0.15, 0.2) is 5.82 Å². The van der Waals surface area contributed by atoms with Crippen LogP contribution in [0.3, 0.4) is 0 Å². The molecule has 2 rings (SSSR count). The highest BCUT2D eigenvalue weighted by Crippen LogP contribution is 2.17. The molecule has 0 aromatic carbocycles. The van der Waals surface area contributed by atoms with Crippen molar-refractivity contribution >= 4 is 23.1 Å². The lowest BCUT2D eigenvalue weighted by Crippen LogP contribution is -1.92. The molecular formula is C6H4ClN3S. The fourth-order valence-electron chi connectivity index (χ4n) is 0.757. The van der Waals surface area contributed by atoms with Crippen LogP contribution in [0.1, 0.15) is 0 Å². The van der Waals surface area contributed by atoms with Gasteiger partial charge in [0.25, 0.3) is 0 Å². The van der Waals surface area contributed by atoms with Crippen molar-refractivity contribution in [2.24, 2.45) is 0 Å². The Labute approximate surface area is 72.4 Å². The van der Waals surface area contributed by atoms with Gasteiger partial charge in [-0.05, 0) is 17.6 Å². The number of rotatable bonds is 1. The second kappa shape index (κ2) is 2.64. The van der Waals surface area contributed by atoms with Gasteiger partial charge in [0.2, 0.25) is 0 Å². The van der Waals surface area contributed by atoms with Gasteiger partial charge in [-0.25, -0.2) is 4.68 Å². The molecule has 0 bridgehead atoms. The number of nitrogens with zero attached hydrogens (tertiary/aromatic N) is 3. The van der Waals surface area contributed by atoms with Gasteiger partial charge in [0.1, 0.15) is 4.34 Å². The van der Waals surface area contributed by atoms with Crippen LogP contribution in [0.15, 0.2) is 24.5 Å². The predicted octanol–water partition coefficient (Wildman–Crippen LogP) is 1.98. The van der Waals surface area contributed by atoms with E-state index in [4.69, 9.17) is 11.6 Å². The van der Waals surface area contributed by atoms with Crippen molar-refractivity contribution in [2.45, 2.75) is 0 Å². The normalized spacial score (nSPS) is 10.3. The van der Waals surface area contributed by atoms with Gasteiger partial charge in [-0.1, -0.05) is 11.6 Å². The summed E-state index contributed by atoms with van der Waals surface area (Å²) in [5.41, 5.74) is 0. The molecule has 0 aliphatic heterocycles. The van der Waals surface area contributed by atoms with Gasteiger partial charge in [-0.3, -0.25) is 0 Å². The van der Waals surface area contributed by atoms with Gasteiger partial charge >= 0.3 is 0 Å². The number of hydrogen-bond acceptors (Lipinski definition) is 3. The van der Waals surface area contributed by atoms with Crippen LogP contribution in [0.25, 0.3) is 5.82 Å². The van der Waals surface area contributed by atoms with E-state index in [2.05, 4.69) is 9.47 Å². The first-order valence-corrected chi connectivity index (χ1v) is 4.13. The molecule has 3 nitrogen and oxygen atoms in total. The molecule has 2 heterocycles. The number of halogens is 1. The van der Waals surface area contributed by atoms with Crippen molar-refractivity contribution < 1.29 is 0 Å². The van der Waals surface area contributed by atoms with Crippen LogP contribution in [-0.4, -0.2) is 14.2 Å². The Bertz CT molecular complexity index is 340. The third kappa shape index (κ3) is 1.27. The molecule has 11 heavy (non-hydrogen) atoms. The highest BCUT2D eigenvalue weighted by Gasteiger charge is 2.00. The van der Waals surface area contributed by atoms with Crippen LogP contribution in [0.5, 0.6) is 0 Å². The van der Waals surface area contributed by atoms with Gasteiger partial charge in [-0.15, -0.1) is 0 Å². The molecule has 2 aromatic rings. The van der Waals surface area contributed by atoms with Crippen molar-refractivity contribution in [3.05, 3.63) is 28.9 Å². The van der Waals surface area contributed by atoms with Crippen LogP contribution >= 0.6 is 23.1 Å². The minimum atomic E-state index is 0.676. The van der Waals surface area contributed by atoms with Gasteiger partial charge in [-0.2, -0.15) is 9.47 Å². The molecule has 5 heteroatoms. The minimum Gasteiger partial charge on any atom is -0.222 e. The predicted molar refractivity (Wildman–Crippen MR) is 44.2 cm³/mol. The van der Waals surface area contributed by atoms with Gasteiger partial charge in [0.05, 0.1) is 0 Å². The van der Waals surface area contributed by atoms with E-state index in [-0.39, 0.29) is 0 Å². The summed E-state index contributed by atoms with van der Waals surface area (Å²) in [5, 5.41) is 4.00. The molecule has 0 aliphatic carbocycles. The second-order valence-electron chi connectivity index (χ2n) is 1.94. The Morgan fingerprint density at radius 3 is 3.00 bits per heavy atom. The van der Waals surface area contributed by atoms with E-state index in [1.807, 2.05) is 12.3 Å². The Morgan fingerprint density at radius 1 is 1.55 bits per heavy atom. The summed E-state index contributed by atoms with van der Waals surface area (Å²) in [6.07, 6.45) is 3.53. The van der Waals surface area contributed by atoms with Crippen LogP contribution < -0.4 is 0 Å². The van der Waals surface area contributed by atoms with E-state index in [1.54, 1.807) is 16.9 Å². The van der Waals surface area contributed by atoms with E-state index >= 15 is 0 Å². The molecule has 0 saturated heterocycles. The van der Waals surface area contributed by atoms with Gasteiger partial charge < -0.3 is 0 Å². The lowest BCUT2D eigenvalue weighted by atomic mass is 10.6. The first kappa shape index (κ1) is 6.82. The smallest absolute Gasteiger partial charge is 0.168 e. The first-order chi connectivity index (χ1) is 5.36. The average molecular weight is 186 g/mol. The molecule has 2 aromatic heterocycles. The van der Waals surface area contributed by atoms with Crippen molar-refractivity contribution in [3.8, 4) is 5.82 Å². The Hall–Kier alpha value is -0.870. The number of aromatic nitrogens is 3. The van der Waals surface area contributed by atoms with Crippen molar-refractivity contribution in [1.82, 2.24) is 14.2 Å². The number of hydrogen-bond donors (Lipinski definition) is 0. The van der Waals surface area contributed by atoms with Crippen molar-refractivity contribution in [2.75, 3.05) is 0 Å². The fraction of sp³-hybridized carbons (Fsp3) is 0. The maximum absolute atomic E-state index is 5.69.